The molecule has 10 heteroatoms. The van der Waals surface area contributed by atoms with Crippen molar-refractivity contribution in [1.29, 1.82) is 0 Å². The molecule has 29 heavy (non-hydrogen) atoms. The molecule has 2 unspecified atom stereocenters. The van der Waals surface area contributed by atoms with Gasteiger partial charge in [-0.15, -0.1) is 0 Å². The fraction of sp³-hybridized carbons (Fsp3) is 0.632. The number of hydrogen-bond acceptors (Lipinski definition) is 5. The van der Waals surface area contributed by atoms with Gasteiger partial charge in [0.1, 0.15) is 11.9 Å². The lowest BCUT2D eigenvalue weighted by atomic mass is 9.93. The van der Waals surface area contributed by atoms with E-state index in [-0.39, 0.29) is 28.6 Å². The van der Waals surface area contributed by atoms with Crippen molar-refractivity contribution in [3.8, 4) is 0 Å². The molecule has 1 aliphatic heterocycles. The molecule has 2 atom stereocenters. The topological polar surface area (TPSA) is 71.5 Å². The predicted octanol–water partition coefficient (Wildman–Crippen LogP) is 3.67. The maximum atomic E-state index is 12.8. The maximum absolute atomic E-state index is 12.8. The summed E-state index contributed by atoms with van der Waals surface area (Å²) in [5, 5.41) is 2.70. The number of ether oxygens (including phenoxy) is 1. The molecule has 1 aliphatic rings. The second-order valence-corrected chi connectivity index (χ2v) is 7.59. The van der Waals surface area contributed by atoms with Gasteiger partial charge in [0, 0.05) is 25.2 Å². The number of aromatic nitrogens is 1. The first-order valence-corrected chi connectivity index (χ1v) is 9.82. The van der Waals surface area contributed by atoms with Gasteiger partial charge in [-0.1, -0.05) is 31.9 Å². The van der Waals surface area contributed by atoms with E-state index >= 15 is 0 Å². The molecule has 1 saturated heterocycles. The molecule has 1 amide bonds. The van der Waals surface area contributed by atoms with E-state index in [2.05, 4.69) is 10.3 Å². The molecule has 1 aromatic rings. The van der Waals surface area contributed by atoms with Gasteiger partial charge in [-0.05, 0) is 24.8 Å². The Labute approximate surface area is 172 Å². The average Bonchev–Trinajstić information content (AvgIpc) is 2.70. The largest absolute Gasteiger partial charge is 0.467 e. The number of halogens is 4. The number of amides is 1. The van der Waals surface area contributed by atoms with Crippen LogP contribution in [-0.2, 0) is 20.5 Å². The zero-order valence-corrected chi connectivity index (χ0v) is 17.3. The first-order chi connectivity index (χ1) is 13.6. The number of carbonyl (C=O) groups excluding carboxylic acids is 2. The second-order valence-electron chi connectivity index (χ2n) is 7.18. The Morgan fingerprint density at radius 1 is 1.38 bits per heavy atom. The van der Waals surface area contributed by atoms with Gasteiger partial charge in [-0.2, -0.15) is 13.2 Å². The third-order valence-electron chi connectivity index (χ3n) is 5.28. The van der Waals surface area contributed by atoms with E-state index in [9.17, 15) is 22.8 Å². The molecule has 1 fully saturated rings. The van der Waals surface area contributed by atoms with Crippen molar-refractivity contribution in [1.82, 2.24) is 10.3 Å². The second kappa shape index (κ2) is 9.65. The summed E-state index contributed by atoms with van der Waals surface area (Å²) >= 11 is 6.00. The molecule has 2 heterocycles. The molecule has 0 aliphatic carbocycles. The predicted molar refractivity (Wildman–Crippen MR) is 103 cm³/mol. The molecule has 6 nitrogen and oxygen atoms in total. The number of carbonyl (C=O) groups is 2. The van der Waals surface area contributed by atoms with E-state index in [0.29, 0.717) is 32.4 Å². The number of methoxy groups -OCH3 is 1. The van der Waals surface area contributed by atoms with E-state index < -0.39 is 23.8 Å². The SMILES string of the molecule is CCC(C)C(NC(=O)C1CCN(c2ncc(C(F)(F)F)cc2Cl)CC1)C(=O)OC. The Bertz CT molecular complexity index is 737. The number of hydrogen-bond donors (Lipinski definition) is 1. The smallest absolute Gasteiger partial charge is 0.417 e. The monoisotopic (exact) mass is 435 g/mol. The standard InChI is InChI=1S/C19H25ClF3N3O3/c1-4-11(2)15(18(28)29-3)25-17(27)12-5-7-26(8-6-12)16-14(20)9-13(10-24-16)19(21,22)23/h9-12,15H,4-8H2,1-3H3,(H,25,27). The number of anilines is 1. The van der Waals surface area contributed by atoms with Gasteiger partial charge < -0.3 is 15.0 Å². The Balaban J connectivity index is 1.99. The molecule has 1 aromatic heterocycles. The van der Waals surface area contributed by atoms with E-state index in [1.807, 2.05) is 13.8 Å². The number of alkyl halides is 3. The van der Waals surface area contributed by atoms with Crippen molar-refractivity contribution < 1.29 is 27.5 Å². The van der Waals surface area contributed by atoms with Crippen molar-refractivity contribution in [2.75, 3.05) is 25.1 Å². The molecule has 0 spiro atoms. The van der Waals surface area contributed by atoms with Crippen LogP contribution in [0.1, 0.15) is 38.7 Å². The summed E-state index contributed by atoms with van der Waals surface area (Å²) in [5.41, 5.74) is -0.903. The Hall–Kier alpha value is -2.03. The van der Waals surface area contributed by atoms with Crippen LogP contribution in [0.3, 0.4) is 0 Å². The van der Waals surface area contributed by atoms with Crippen molar-refractivity contribution in [3.63, 3.8) is 0 Å². The third-order valence-corrected chi connectivity index (χ3v) is 5.56. The summed E-state index contributed by atoms with van der Waals surface area (Å²) in [4.78, 5) is 30.2. The van der Waals surface area contributed by atoms with Crippen LogP contribution in [0.15, 0.2) is 12.3 Å². The minimum Gasteiger partial charge on any atom is -0.467 e. The minimum atomic E-state index is -4.51. The highest BCUT2D eigenvalue weighted by Crippen LogP contribution is 2.34. The van der Waals surface area contributed by atoms with Crippen LogP contribution in [0.4, 0.5) is 19.0 Å². The van der Waals surface area contributed by atoms with Gasteiger partial charge in [0.25, 0.3) is 0 Å². The van der Waals surface area contributed by atoms with Crippen LogP contribution in [-0.4, -0.2) is 43.1 Å². The normalized spacial score (nSPS) is 17.6. The molecule has 0 saturated carbocycles. The van der Waals surface area contributed by atoms with Crippen molar-refractivity contribution in [2.45, 2.75) is 45.3 Å². The Morgan fingerprint density at radius 2 is 2.00 bits per heavy atom. The number of nitrogens with zero attached hydrogens (tertiary/aromatic N) is 2. The quantitative estimate of drug-likeness (QED) is 0.690. The number of piperidine rings is 1. The first-order valence-electron chi connectivity index (χ1n) is 9.44. The van der Waals surface area contributed by atoms with E-state index in [1.54, 1.807) is 4.90 Å². The first kappa shape index (κ1) is 23.3. The molecular formula is C19H25ClF3N3O3. The van der Waals surface area contributed by atoms with Crippen molar-refractivity contribution >= 4 is 29.3 Å². The van der Waals surface area contributed by atoms with Gasteiger partial charge in [-0.3, -0.25) is 4.79 Å². The molecule has 162 valence electrons. The van der Waals surface area contributed by atoms with Crippen LogP contribution < -0.4 is 10.2 Å². The van der Waals surface area contributed by atoms with Gasteiger partial charge in [0.2, 0.25) is 5.91 Å². The van der Waals surface area contributed by atoms with Crippen LogP contribution in [0.5, 0.6) is 0 Å². The minimum absolute atomic E-state index is 0.0679. The number of rotatable bonds is 6. The summed E-state index contributed by atoms with van der Waals surface area (Å²) in [5.74, 6) is -0.819. The fourth-order valence-electron chi connectivity index (χ4n) is 3.24. The number of nitrogens with one attached hydrogen (secondary N) is 1. The number of pyridine rings is 1. The highest BCUT2D eigenvalue weighted by atomic mass is 35.5. The molecular weight excluding hydrogens is 411 g/mol. The van der Waals surface area contributed by atoms with Crippen molar-refractivity contribution in [3.05, 3.63) is 22.8 Å². The lowest BCUT2D eigenvalue weighted by Crippen LogP contribution is -2.49. The Kier molecular flexibility index (Phi) is 7.73. The van der Waals surface area contributed by atoms with Gasteiger partial charge in [-0.25, -0.2) is 9.78 Å². The van der Waals surface area contributed by atoms with Gasteiger partial charge in [0.05, 0.1) is 17.7 Å². The molecule has 0 bridgehead atoms. The van der Waals surface area contributed by atoms with E-state index in [4.69, 9.17) is 16.3 Å². The van der Waals surface area contributed by atoms with Gasteiger partial charge >= 0.3 is 12.1 Å². The zero-order chi connectivity index (χ0) is 21.8. The fourth-order valence-corrected chi connectivity index (χ4v) is 3.53. The molecule has 0 aromatic carbocycles. The molecule has 2 rings (SSSR count). The highest BCUT2D eigenvalue weighted by molar-refractivity contribution is 6.33. The van der Waals surface area contributed by atoms with Crippen molar-refractivity contribution in [2.24, 2.45) is 11.8 Å². The Morgan fingerprint density at radius 3 is 2.48 bits per heavy atom. The summed E-state index contributed by atoms with van der Waals surface area (Å²) in [6.45, 7) is 4.62. The summed E-state index contributed by atoms with van der Waals surface area (Å²) in [7, 11) is 1.28. The lowest BCUT2D eigenvalue weighted by molar-refractivity contribution is -0.147. The summed E-state index contributed by atoms with van der Waals surface area (Å²) < 4.78 is 43.1. The zero-order valence-electron chi connectivity index (χ0n) is 16.6. The average molecular weight is 436 g/mol. The molecule has 1 N–H and O–H groups in total. The van der Waals surface area contributed by atoms with Gasteiger partial charge in [0.15, 0.2) is 0 Å². The van der Waals surface area contributed by atoms with Crippen LogP contribution >= 0.6 is 11.6 Å². The maximum Gasteiger partial charge on any atom is 0.417 e. The van der Waals surface area contributed by atoms with E-state index in [0.717, 1.165) is 12.3 Å². The van der Waals surface area contributed by atoms with Crippen LogP contribution in [0.25, 0.3) is 0 Å². The van der Waals surface area contributed by atoms with Crippen LogP contribution in [0.2, 0.25) is 5.02 Å². The highest BCUT2D eigenvalue weighted by Gasteiger charge is 2.34. The third kappa shape index (κ3) is 5.74. The number of esters is 1. The summed E-state index contributed by atoms with van der Waals surface area (Å²) in [6.07, 6.45) is -2.10. The molecule has 0 radical (unpaired) electrons. The lowest BCUT2D eigenvalue weighted by Gasteiger charge is -2.33. The van der Waals surface area contributed by atoms with E-state index in [1.165, 1.54) is 7.11 Å². The van der Waals surface area contributed by atoms with Crippen LogP contribution in [0, 0.1) is 11.8 Å². The summed E-state index contributed by atoms with van der Waals surface area (Å²) in [6, 6.07) is 0.150.